The summed E-state index contributed by atoms with van der Waals surface area (Å²) in [5.74, 6) is 0.153. The first-order valence-corrected chi connectivity index (χ1v) is 10.6. The van der Waals surface area contributed by atoms with Crippen LogP contribution in [0, 0.1) is 0 Å². The summed E-state index contributed by atoms with van der Waals surface area (Å²) in [7, 11) is 1.52. The third-order valence-electron chi connectivity index (χ3n) is 3.40. The average molecular weight is 482 g/mol. The molecule has 2 aromatic carbocycles. The highest BCUT2D eigenvalue weighted by Gasteiger charge is 2.12. The third-order valence-corrected chi connectivity index (χ3v) is 6.30. The van der Waals surface area contributed by atoms with E-state index < -0.39 is 0 Å². The number of halogens is 2. The van der Waals surface area contributed by atoms with E-state index in [1.165, 1.54) is 7.11 Å². The van der Waals surface area contributed by atoms with E-state index in [1.807, 2.05) is 42.5 Å². The number of methoxy groups -OCH3 is 1. The van der Waals surface area contributed by atoms with Gasteiger partial charge in [0.2, 0.25) is 0 Å². The SMILES string of the molecule is COc1ccc(Br)cc1C(=O)N/N=C\c1ccc(Sc2ccc(Cl)cc2)s1. The predicted octanol–water partition coefficient (Wildman–Crippen LogP) is 6.09. The lowest BCUT2D eigenvalue weighted by Crippen LogP contribution is -2.18. The maximum atomic E-state index is 12.3. The zero-order valence-corrected chi connectivity index (χ0v) is 18.1. The van der Waals surface area contributed by atoms with Gasteiger partial charge in [0.1, 0.15) is 5.75 Å². The monoisotopic (exact) mass is 480 g/mol. The molecule has 1 amide bonds. The smallest absolute Gasteiger partial charge is 0.275 e. The highest BCUT2D eigenvalue weighted by atomic mass is 79.9. The second-order valence-electron chi connectivity index (χ2n) is 5.26. The van der Waals surface area contributed by atoms with E-state index in [-0.39, 0.29) is 5.91 Å². The first-order valence-electron chi connectivity index (χ1n) is 7.75. The number of nitrogens with one attached hydrogen (secondary N) is 1. The van der Waals surface area contributed by atoms with E-state index >= 15 is 0 Å². The van der Waals surface area contributed by atoms with Gasteiger partial charge >= 0.3 is 0 Å². The van der Waals surface area contributed by atoms with Gasteiger partial charge in [-0.25, -0.2) is 5.43 Å². The van der Waals surface area contributed by atoms with Crippen molar-refractivity contribution in [3.8, 4) is 5.75 Å². The van der Waals surface area contributed by atoms with Gasteiger partial charge in [0.15, 0.2) is 0 Å². The number of hydrogen-bond donors (Lipinski definition) is 1. The highest BCUT2D eigenvalue weighted by Crippen LogP contribution is 2.33. The van der Waals surface area contributed by atoms with E-state index in [0.29, 0.717) is 11.3 Å². The van der Waals surface area contributed by atoms with Crippen molar-refractivity contribution in [3.63, 3.8) is 0 Å². The van der Waals surface area contributed by atoms with Crippen molar-refractivity contribution in [2.45, 2.75) is 9.10 Å². The summed E-state index contributed by atoms with van der Waals surface area (Å²) < 4.78 is 7.13. The Hall–Kier alpha value is -1.80. The topological polar surface area (TPSA) is 50.7 Å². The van der Waals surface area contributed by atoms with Gasteiger partial charge in [-0.15, -0.1) is 11.3 Å². The van der Waals surface area contributed by atoms with Gasteiger partial charge in [0, 0.05) is 19.3 Å². The molecule has 3 rings (SSSR count). The molecule has 1 N–H and O–H groups in total. The Labute approximate surface area is 178 Å². The minimum absolute atomic E-state index is 0.336. The van der Waals surface area contributed by atoms with Crippen molar-refractivity contribution in [2.24, 2.45) is 5.10 Å². The number of benzene rings is 2. The van der Waals surface area contributed by atoms with Gasteiger partial charge in [-0.05, 0) is 54.6 Å². The molecule has 0 atom stereocenters. The standard InChI is InChI=1S/C19H14BrClN2O2S2/c1-25-17-8-2-12(20)10-16(17)19(24)23-22-11-15-7-9-18(27-15)26-14-5-3-13(21)4-6-14/h2-11H,1H3,(H,23,24)/b22-11-. The summed E-state index contributed by atoms with van der Waals surface area (Å²) in [4.78, 5) is 14.4. The van der Waals surface area contributed by atoms with Gasteiger partial charge in [-0.3, -0.25) is 4.79 Å². The molecule has 0 fully saturated rings. The molecule has 1 aromatic heterocycles. The molecule has 0 saturated heterocycles. The number of thiophene rings is 1. The van der Waals surface area contributed by atoms with Crippen LogP contribution in [0.4, 0.5) is 0 Å². The minimum Gasteiger partial charge on any atom is -0.496 e. The fourth-order valence-corrected chi connectivity index (χ4v) is 4.63. The molecule has 27 heavy (non-hydrogen) atoms. The number of hydrazone groups is 1. The van der Waals surface area contributed by atoms with E-state index in [9.17, 15) is 4.79 Å². The van der Waals surface area contributed by atoms with Crippen LogP contribution < -0.4 is 10.2 Å². The first kappa shape index (κ1) is 19.9. The van der Waals surface area contributed by atoms with Crippen LogP contribution in [0.5, 0.6) is 5.75 Å². The van der Waals surface area contributed by atoms with Crippen LogP contribution in [0.2, 0.25) is 5.02 Å². The quantitative estimate of drug-likeness (QED) is 0.342. The number of nitrogens with zero attached hydrogens (tertiary/aromatic N) is 1. The molecule has 1 heterocycles. The normalized spacial score (nSPS) is 10.9. The summed E-state index contributed by atoms with van der Waals surface area (Å²) in [6.45, 7) is 0. The summed E-state index contributed by atoms with van der Waals surface area (Å²) in [5, 5.41) is 4.76. The van der Waals surface area contributed by atoms with Crippen LogP contribution in [0.3, 0.4) is 0 Å². The number of amides is 1. The van der Waals surface area contributed by atoms with Crippen LogP contribution in [0.15, 0.2) is 73.3 Å². The maximum absolute atomic E-state index is 12.3. The predicted molar refractivity (Wildman–Crippen MR) is 116 cm³/mol. The van der Waals surface area contributed by atoms with Crippen molar-refractivity contribution in [1.82, 2.24) is 5.43 Å². The van der Waals surface area contributed by atoms with Crippen LogP contribution >= 0.6 is 50.6 Å². The van der Waals surface area contributed by atoms with Crippen LogP contribution in [0.25, 0.3) is 0 Å². The molecule has 0 unspecified atom stereocenters. The lowest BCUT2D eigenvalue weighted by atomic mass is 10.2. The van der Waals surface area contributed by atoms with E-state index in [2.05, 4.69) is 26.5 Å². The largest absolute Gasteiger partial charge is 0.496 e. The summed E-state index contributed by atoms with van der Waals surface area (Å²) >= 11 is 12.5. The van der Waals surface area contributed by atoms with Crippen LogP contribution in [0.1, 0.15) is 15.2 Å². The Morgan fingerprint density at radius 1 is 1.22 bits per heavy atom. The summed E-state index contributed by atoms with van der Waals surface area (Å²) in [6.07, 6.45) is 1.62. The molecule has 8 heteroatoms. The lowest BCUT2D eigenvalue weighted by molar-refractivity contribution is 0.0952. The molecule has 0 bridgehead atoms. The Morgan fingerprint density at radius 2 is 2.00 bits per heavy atom. The molecule has 138 valence electrons. The van der Waals surface area contributed by atoms with Gasteiger partial charge in [0.05, 0.1) is 23.1 Å². The van der Waals surface area contributed by atoms with E-state index in [1.54, 1.807) is 41.4 Å². The molecular weight excluding hydrogens is 468 g/mol. The molecule has 0 aliphatic heterocycles. The molecule has 3 aromatic rings. The maximum Gasteiger partial charge on any atom is 0.275 e. The molecule has 0 saturated carbocycles. The van der Waals surface area contributed by atoms with Crippen molar-refractivity contribution in [1.29, 1.82) is 0 Å². The number of carbonyl (C=O) groups excluding carboxylic acids is 1. The van der Waals surface area contributed by atoms with Crippen molar-refractivity contribution < 1.29 is 9.53 Å². The highest BCUT2D eigenvalue weighted by molar-refractivity contribution is 9.10. The Balaban J connectivity index is 1.62. The molecule has 0 spiro atoms. The summed E-state index contributed by atoms with van der Waals surface area (Å²) in [5.41, 5.74) is 2.94. The zero-order chi connectivity index (χ0) is 19.2. The second-order valence-corrected chi connectivity index (χ2v) is 9.10. The van der Waals surface area contributed by atoms with E-state index in [4.69, 9.17) is 16.3 Å². The Kier molecular flexibility index (Phi) is 6.95. The van der Waals surface area contributed by atoms with Crippen molar-refractivity contribution in [2.75, 3.05) is 7.11 Å². The number of ether oxygens (including phenoxy) is 1. The molecule has 0 aliphatic carbocycles. The summed E-state index contributed by atoms with van der Waals surface area (Å²) in [6, 6.07) is 16.9. The zero-order valence-electron chi connectivity index (χ0n) is 14.1. The van der Waals surface area contributed by atoms with Crippen molar-refractivity contribution in [3.05, 3.63) is 74.5 Å². The molecular formula is C19H14BrClN2O2S2. The van der Waals surface area contributed by atoms with Crippen molar-refractivity contribution >= 4 is 62.8 Å². The van der Waals surface area contributed by atoms with Crippen LogP contribution in [-0.2, 0) is 0 Å². The van der Waals surface area contributed by atoms with Gasteiger partial charge in [-0.1, -0.05) is 39.3 Å². The molecule has 0 aliphatic rings. The third kappa shape index (κ3) is 5.59. The molecule has 4 nitrogen and oxygen atoms in total. The number of rotatable bonds is 6. The Bertz CT molecular complexity index is 974. The number of hydrogen-bond acceptors (Lipinski definition) is 5. The van der Waals surface area contributed by atoms with Gasteiger partial charge in [-0.2, -0.15) is 5.10 Å². The fraction of sp³-hybridized carbons (Fsp3) is 0.0526. The Morgan fingerprint density at radius 3 is 2.74 bits per heavy atom. The first-order chi connectivity index (χ1) is 13.0. The fourth-order valence-electron chi connectivity index (χ4n) is 2.15. The van der Waals surface area contributed by atoms with Crippen LogP contribution in [-0.4, -0.2) is 19.2 Å². The lowest BCUT2D eigenvalue weighted by Gasteiger charge is -2.07. The number of carbonyl (C=O) groups is 1. The van der Waals surface area contributed by atoms with Gasteiger partial charge < -0.3 is 4.74 Å². The average Bonchev–Trinajstić information content (AvgIpc) is 3.10. The van der Waals surface area contributed by atoms with Gasteiger partial charge in [0.25, 0.3) is 5.91 Å². The molecule has 0 radical (unpaired) electrons. The minimum atomic E-state index is -0.336. The van der Waals surface area contributed by atoms with E-state index in [0.717, 1.165) is 23.5 Å². The second kappa shape index (κ2) is 9.41.